The summed E-state index contributed by atoms with van der Waals surface area (Å²) in [7, 11) is 0. The lowest BCUT2D eigenvalue weighted by atomic mass is 9.95. The van der Waals surface area contributed by atoms with Crippen LogP contribution in [0.5, 0.6) is 0 Å². The summed E-state index contributed by atoms with van der Waals surface area (Å²) in [4.78, 5) is 15.1. The molecule has 1 unspecified atom stereocenters. The Hall–Kier alpha value is -1.80. The van der Waals surface area contributed by atoms with Gasteiger partial charge in [0, 0.05) is 42.6 Å². The first-order valence-electron chi connectivity index (χ1n) is 11.1. The molecule has 1 N–H and O–H groups in total. The Morgan fingerprint density at radius 1 is 1.28 bits per heavy atom. The number of amides is 1. The minimum Gasteiger partial charge on any atom is -0.379 e. The predicted molar refractivity (Wildman–Crippen MR) is 131 cm³/mol. The Labute approximate surface area is 199 Å². The fourth-order valence-corrected chi connectivity index (χ4v) is 6.11. The molecule has 0 bridgehead atoms. The van der Waals surface area contributed by atoms with Crippen molar-refractivity contribution in [2.24, 2.45) is 0 Å². The number of hydrogen-bond donors (Lipinski definition) is 1. The molecule has 1 aromatic carbocycles. The minimum absolute atomic E-state index is 0.0322. The second-order valence-corrected chi connectivity index (χ2v) is 10.1. The highest BCUT2D eigenvalue weighted by Crippen LogP contribution is 2.33. The summed E-state index contributed by atoms with van der Waals surface area (Å²) in [5.41, 5.74) is 3.98. The standard InChI is InChI=1S/C24H31ClN4O2S/c1-18-3-5-20(6-4-18)15-29-23(25)21(19(2)27-29)7-8-22(30)26-16-24(9-14-32-17-24)28-10-12-31-13-11-28/h3-8H,9-17H2,1-2H3,(H,26,30)/b8-7+. The Kier molecular flexibility index (Phi) is 7.61. The van der Waals surface area contributed by atoms with E-state index in [-0.39, 0.29) is 11.4 Å². The van der Waals surface area contributed by atoms with Gasteiger partial charge in [0.05, 0.1) is 25.5 Å². The number of nitrogens with one attached hydrogen (secondary N) is 1. The van der Waals surface area contributed by atoms with Crippen molar-refractivity contribution in [3.63, 3.8) is 0 Å². The van der Waals surface area contributed by atoms with E-state index >= 15 is 0 Å². The van der Waals surface area contributed by atoms with E-state index in [0.29, 0.717) is 18.2 Å². The maximum Gasteiger partial charge on any atom is 0.244 e. The van der Waals surface area contributed by atoms with Gasteiger partial charge in [-0.05, 0) is 37.7 Å². The van der Waals surface area contributed by atoms with Crippen molar-refractivity contribution >= 4 is 35.3 Å². The van der Waals surface area contributed by atoms with Crippen molar-refractivity contribution in [1.29, 1.82) is 0 Å². The van der Waals surface area contributed by atoms with Crippen molar-refractivity contribution in [2.45, 2.75) is 32.4 Å². The molecule has 1 amide bonds. The molecule has 1 atom stereocenters. The first-order valence-corrected chi connectivity index (χ1v) is 12.6. The first kappa shape index (κ1) is 23.4. The third kappa shape index (κ3) is 5.39. The van der Waals surface area contributed by atoms with Gasteiger partial charge in [-0.3, -0.25) is 9.69 Å². The zero-order chi connectivity index (χ0) is 22.6. The van der Waals surface area contributed by atoms with E-state index in [1.54, 1.807) is 16.8 Å². The maximum absolute atomic E-state index is 12.6. The number of aryl methyl sites for hydroxylation is 2. The fraction of sp³-hybridized carbons (Fsp3) is 0.500. The zero-order valence-electron chi connectivity index (χ0n) is 18.8. The molecule has 2 aliphatic rings. The number of rotatable bonds is 7. The SMILES string of the molecule is Cc1ccc(Cn2nc(C)c(/C=C/C(=O)NCC3(N4CCOCC4)CCSC3)c2Cl)cc1. The van der Waals surface area contributed by atoms with Gasteiger partial charge in [-0.1, -0.05) is 41.4 Å². The largest absolute Gasteiger partial charge is 0.379 e. The Morgan fingerprint density at radius 3 is 2.72 bits per heavy atom. The topological polar surface area (TPSA) is 59.4 Å². The molecule has 6 nitrogen and oxygen atoms in total. The number of thioether (sulfide) groups is 1. The number of carbonyl (C=O) groups excluding carboxylic acids is 1. The van der Waals surface area contributed by atoms with Gasteiger partial charge in [0.15, 0.2) is 0 Å². The van der Waals surface area contributed by atoms with E-state index in [0.717, 1.165) is 61.1 Å². The zero-order valence-corrected chi connectivity index (χ0v) is 20.3. The fourth-order valence-electron chi connectivity index (χ4n) is 4.33. The van der Waals surface area contributed by atoms with Gasteiger partial charge in [-0.15, -0.1) is 0 Å². The normalized spacial score (nSPS) is 22.0. The minimum atomic E-state index is -0.101. The number of hydrogen-bond acceptors (Lipinski definition) is 5. The summed E-state index contributed by atoms with van der Waals surface area (Å²) in [6, 6.07) is 8.32. The molecule has 0 radical (unpaired) electrons. The highest BCUT2D eigenvalue weighted by atomic mass is 35.5. The van der Waals surface area contributed by atoms with E-state index in [1.807, 2.05) is 18.7 Å². The van der Waals surface area contributed by atoms with Crippen LogP contribution >= 0.6 is 23.4 Å². The highest BCUT2D eigenvalue weighted by molar-refractivity contribution is 7.99. The van der Waals surface area contributed by atoms with Gasteiger partial charge >= 0.3 is 0 Å². The van der Waals surface area contributed by atoms with E-state index in [4.69, 9.17) is 16.3 Å². The van der Waals surface area contributed by atoms with Crippen LogP contribution in [0, 0.1) is 13.8 Å². The van der Waals surface area contributed by atoms with E-state index < -0.39 is 0 Å². The molecule has 172 valence electrons. The van der Waals surface area contributed by atoms with E-state index in [9.17, 15) is 4.79 Å². The molecule has 4 rings (SSSR count). The van der Waals surface area contributed by atoms with Crippen LogP contribution in [0.1, 0.15) is 28.8 Å². The molecular formula is C24H31ClN4O2S. The van der Waals surface area contributed by atoms with Crippen LogP contribution in [-0.4, -0.2) is 70.5 Å². The van der Waals surface area contributed by atoms with Gasteiger partial charge < -0.3 is 10.1 Å². The van der Waals surface area contributed by atoms with Crippen molar-refractivity contribution in [3.8, 4) is 0 Å². The van der Waals surface area contributed by atoms with Gasteiger partial charge in [-0.2, -0.15) is 16.9 Å². The van der Waals surface area contributed by atoms with E-state index in [2.05, 4.69) is 46.5 Å². The number of carbonyl (C=O) groups is 1. The van der Waals surface area contributed by atoms with Gasteiger partial charge in [0.2, 0.25) is 5.91 Å². The molecule has 0 saturated carbocycles. The molecular weight excluding hydrogens is 444 g/mol. The number of nitrogens with zero attached hydrogens (tertiary/aromatic N) is 3. The molecule has 3 heterocycles. The third-order valence-electron chi connectivity index (χ3n) is 6.32. The van der Waals surface area contributed by atoms with Crippen molar-refractivity contribution < 1.29 is 9.53 Å². The van der Waals surface area contributed by atoms with Crippen LogP contribution < -0.4 is 5.32 Å². The first-order chi connectivity index (χ1) is 15.5. The molecule has 32 heavy (non-hydrogen) atoms. The van der Waals surface area contributed by atoms with Crippen molar-refractivity contribution in [3.05, 3.63) is 57.9 Å². The second kappa shape index (κ2) is 10.4. The van der Waals surface area contributed by atoms with Crippen LogP contribution in [0.2, 0.25) is 5.15 Å². The average molecular weight is 475 g/mol. The average Bonchev–Trinajstić information content (AvgIpc) is 3.39. The predicted octanol–water partition coefficient (Wildman–Crippen LogP) is 3.54. The second-order valence-electron chi connectivity index (χ2n) is 8.61. The molecule has 2 aromatic rings. The number of ether oxygens (including phenoxy) is 1. The van der Waals surface area contributed by atoms with Crippen LogP contribution in [0.4, 0.5) is 0 Å². The molecule has 2 fully saturated rings. The number of benzene rings is 1. The Morgan fingerprint density at radius 2 is 2.03 bits per heavy atom. The maximum atomic E-state index is 12.6. The van der Waals surface area contributed by atoms with Gasteiger partial charge in [0.1, 0.15) is 5.15 Å². The summed E-state index contributed by atoms with van der Waals surface area (Å²) in [5, 5.41) is 8.24. The summed E-state index contributed by atoms with van der Waals surface area (Å²) in [6.07, 6.45) is 4.44. The van der Waals surface area contributed by atoms with Crippen LogP contribution in [0.3, 0.4) is 0 Å². The highest BCUT2D eigenvalue weighted by Gasteiger charge is 2.40. The molecule has 0 spiro atoms. The lowest BCUT2D eigenvalue weighted by molar-refractivity contribution is -0.117. The molecule has 1 aromatic heterocycles. The smallest absolute Gasteiger partial charge is 0.244 e. The van der Waals surface area contributed by atoms with Crippen molar-refractivity contribution in [1.82, 2.24) is 20.0 Å². The van der Waals surface area contributed by atoms with Gasteiger partial charge in [-0.25, -0.2) is 4.68 Å². The summed E-state index contributed by atoms with van der Waals surface area (Å²) in [5.74, 6) is 2.09. The molecule has 2 saturated heterocycles. The monoisotopic (exact) mass is 474 g/mol. The number of morpholine rings is 1. The summed E-state index contributed by atoms with van der Waals surface area (Å²) < 4.78 is 7.30. The van der Waals surface area contributed by atoms with Gasteiger partial charge in [0.25, 0.3) is 0 Å². The third-order valence-corrected chi connectivity index (χ3v) is 7.95. The molecule has 8 heteroatoms. The van der Waals surface area contributed by atoms with Crippen LogP contribution in [0.25, 0.3) is 6.08 Å². The lowest BCUT2D eigenvalue weighted by Gasteiger charge is -2.42. The van der Waals surface area contributed by atoms with Crippen molar-refractivity contribution in [2.75, 3.05) is 44.4 Å². The summed E-state index contributed by atoms with van der Waals surface area (Å²) in [6.45, 7) is 8.63. The summed E-state index contributed by atoms with van der Waals surface area (Å²) >= 11 is 8.56. The van der Waals surface area contributed by atoms with Crippen LogP contribution in [-0.2, 0) is 16.1 Å². The molecule has 0 aliphatic carbocycles. The molecule has 2 aliphatic heterocycles. The quantitative estimate of drug-likeness (QED) is 0.622. The Balaban J connectivity index is 1.38. The lowest BCUT2D eigenvalue weighted by Crippen LogP contribution is -2.59. The number of halogens is 1. The Bertz CT molecular complexity index is 961. The van der Waals surface area contributed by atoms with E-state index in [1.165, 1.54) is 5.56 Å². The number of aromatic nitrogens is 2. The van der Waals surface area contributed by atoms with Crippen LogP contribution in [0.15, 0.2) is 30.3 Å².